The predicted octanol–water partition coefficient (Wildman–Crippen LogP) is 3.58. The highest BCUT2D eigenvalue weighted by Crippen LogP contribution is 2.36. The fraction of sp³-hybridized carbons (Fsp3) is 0.615. The smallest absolute Gasteiger partial charge is 0.160 e. The van der Waals surface area contributed by atoms with E-state index >= 15 is 0 Å². The molecule has 1 aromatic heterocycles. The van der Waals surface area contributed by atoms with Crippen LogP contribution in [0.15, 0.2) is 11.4 Å². The van der Waals surface area contributed by atoms with Crippen LogP contribution in [0.25, 0.3) is 0 Å². The molecule has 0 atom stereocenters. The lowest BCUT2D eigenvalue weighted by atomic mass is 9.78. The van der Waals surface area contributed by atoms with E-state index in [9.17, 15) is 4.79 Å². The maximum absolute atomic E-state index is 10.6. The first-order valence-corrected chi connectivity index (χ1v) is 6.83. The van der Waals surface area contributed by atoms with Gasteiger partial charge in [-0.3, -0.25) is 4.79 Å². The molecule has 0 bridgehead atoms. The monoisotopic (exact) mass is 237 g/mol. The second kappa shape index (κ2) is 4.58. The first kappa shape index (κ1) is 11.6. The van der Waals surface area contributed by atoms with Gasteiger partial charge in [0.2, 0.25) is 0 Å². The van der Waals surface area contributed by atoms with E-state index in [4.69, 9.17) is 0 Å². The predicted molar refractivity (Wildman–Crippen MR) is 69.6 cm³/mol. The van der Waals surface area contributed by atoms with Crippen molar-refractivity contribution in [2.75, 3.05) is 18.0 Å². The van der Waals surface area contributed by atoms with Gasteiger partial charge in [-0.05, 0) is 24.3 Å². The van der Waals surface area contributed by atoms with E-state index in [-0.39, 0.29) is 0 Å². The zero-order chi connectivity index (χ0) is 11.6. The molecule has 0 saturated carbocycles. The quantitative estimate of drug-likeness (QED) is 0.749. The van der Waals surface area contributed by atoms with Gasteiger partial charge >= 0.3 is 0 Å². The molecule has 1 aliphatic rings. The number of rotatable bonds is 3. The van der Waals surface area contributed by atoms with Gasteiger partial charge in [0, 0.05) is 24.2 Å². The maximum Gasteiger partial charge on any atom is 0.160 e. The van der Waals surface area contributed by atoms with Crippen molar-refractivity contribution < 1.29 is 4.79 Å². The Morgan fingerprint density at radius 2 is 2.19 bits per heavy atom. The molecule has 0 aliphatic carbocycles. The third-order valence-electron chi connectivity index (χ3n) is 3.91. The van der Waals surface area contributed by atoms with Gasteiger partial charge in [-0.1, -0.05) is 20.3 Å². The average molecular weight is 237 g/mol. The molecular formula is C13H19NOS. The average Bonchev–Trinajstić information content (AvgIpc) is 2.79. The lowest BCUT2D eigenvalue weighted by Gasteiger charge is -2.39. The minimum Gasteiger partial charge on any atom is -0.371 e. The van der Waals surface area contributed by atoms with Gasteiger partial charge in [0.05, 0.1) is 4.88 Å². The first-order valence-electron chi connectivity index (χ1n) is 5.95. The van der Waals surface area contributed by atoms with Crippen molar-refractivity contribution in [1.82, 2.24) is 0 Å². The van der Waals surface area contributed by atoms with Gasteiger partial charge in [0.25, 0.3) is 0 Å². The minimum absolute atomic E-state index is 0.528. The van der Waals surface area contributed by atoms with Crippen LogP contribution in [0.3, 0.4) is 0 Å². The van der Waals surface area contributed by atoms with Crippen LogP contribution in [0.4, 0.5) is 5.69 Å². The topological polar surface area (TPSA) is 20.3 Å². The van der Waals surface area contributed by atoms with Crippen LogP contribution >= 0.6 is 11.3 Å². The molecule has 1 aliphatic heterocycles. The van der Waals surface area contributed by atoms with E-state index in [2.05, 4.69) is 24.1 Å². The van der Waals surface area contributed by atoms with Crippen molar-refractivity contribution in [2.24, 2.45) is 5.41 Å². The molecule has 0 N–H and O–H groups in total. The molecule has 0 radical (unpaired) electrons. The third-order valence-corrected chi connectivity index (χ3v) is 4.76. The van der Waals surface area contributed by atoms with Crippen LogP contribution < -0.4 is 4.90 Å². The van der Waals surface area contributed by atoms with Crippen LogP contribution in [-0.4, -0.2) is 19.4 Å². The fourth-order valence-electron chi connectivity index (χ4n) is 2.23. The summed E-state index contributed by atoms with van der Waals surface area (Å²) in [6.45, 7) is 6.91. The second-order valence-electron chi connectivity index (χ2n) is 4.98. The Hall–Kier alpha value is -0.830. The number of thiophene rings is 1. The highest BCUT2D eigenvalue weighted by molar-refractivity contribution is 7.12. The van der Waals surface area contributed by atoms with Crippen LogP contribution in [0.1, 0.15) is 42.8 Å². The maximum atomic E-state index is 10.6. The molecular weight excluding hydrogens is 218 g/mol. The summed E-state index contributed by atoms with van der Waals surface area (Å²) < 4.78 is 0. The van der Waals surface area contributed by atoms with Gasteiger partial charge in [-0.25, -0.2) is 0 Å². The molecule has 88 valence electrons. The highest BCUT2D eigenvalue weighted by atomic mass is 32.1. The number of carbonyl (C=O) groups is 1. The van der Waals surface area contributed by atoms with Crippen molar-refractivity contribution in [3.05, 3.63) is 16.3 Å². The summed E-state index contributed by atoms with van der Waals surface area (Å²) in [5, 5.41) is 2.10. The Labute approximate surface area is 101 Å². The van der Waals surface area contributed by atoms with E-state index in [1.165, 1.54) is 36.3 Å². The highest BCUT2D eigenvalue weighted by Gasteiger charge is 2.28. The molecule has 0 aromatic carbocycles. The molecule has 0 unspecified atom stereocenters. The Kier molecular flexibility index (Phi) is 3.33. The van der Waals surface area contributed by atoms with Gasteiger partial charge in [0.1, 0.15) is 0 Å². The largest absolute Gasteiger partial charge is 0.371 e. The van der Waals surface area contributed by atoms with Gasteiger partial charge < -0.3 is 4.90 Å². The summed E-state index contributed by atoms with van der Waals surface area (Å²) in [6.07, 6.45) is 4.73. The molecule has 2 rings (SSSR count). The SMILES string of the molecule is CCC1(C)CCN(c2csc(C=O)c2)CC1. The van der Waals surface area contributed by atoms with E-state index in [0.29, 0.717) is 5.41 Å². The molecule has 1 aromatic rings. The van der Waals surface area contributed by atoms with Gasteiger partial charge in [0.15, 0.2) is 6.29 Å². The summed E-state index contributed by atoms with van der Waals surface area (Å²) in [7, 11) is 0. The van der Waals surface area contributed by atoms with Gasteiger partial charge in [-0.15, -0.1) is 11.3 Å². The summed E-state index contributed by atoms with van der Waals surface area (Å²) in [5.74, 6) is 0. The van der Waals surface area contributed by atoms with E-state index in [1.54, 1.807) is 0 Å². The standard InChI is InChI=1S/C13H19NOS/c1-3-13(2)4-6-14(7-5-13)11-8-12(9-15)16-10-11/h8-10H,3-7H2,1-2H3. The number of hydrogen-bond acceptors (Lipinski definition) is 3. The second-order valence-corrected chi connectivity index (χ2v) is 5.92. The molecule has 1 fully saturated rings. The number of nitrogens with zero attached hydrogens (tertiary/aromatic N) is 1. The van der Waals surface area contributed by atoms with E-state index in [0.717, 1.165) is 24.3 Å². The summed E-state index contributed by atoms with van der Waals surface area (Å²) in [6, 6.07) is 2.01. The number of carbonyl (C=O) groups excluding carboxylic acids is 1. The molecule has 2 nitrogen and oxygen atoms in total. The zero-order valence-electron chi connectivity index (χ0n) is 10.0. The Morgan fingerprint density at radius 1 is 1.50 bits per heavy atom. The molecule has 2 heterocycles. The van der Waals surface area contributed by atoms with E-state index < -0.39 is 0 Å². The number of aldehydes is 1. The van der Waals surface area contributed by atoms with Crippen molar-refractivity contribution in [2.45, 2.75) is 33.1 Å². The zero-order valence-corrected chi connectivity index (χ0v) is 10.8. The normalized spacial score (nSPS) is 19.8. The Balaban J connectivity index is 2.01. The van der Waals surface area contributed by atoms with E-state index in [1.807, 2.05) is 6.07 Å². The van der Waals surface area contributed by atoms with Crippen molar-refractivity contribution in [3.63, 3.8) is 0 Å². The number of piperidine rings is 1. The minimum atomic E-state index is 0.528. The number of hydrogen-bond donors (Lipinski definition) is 0. The van der Waals surface area contributed by atoms with Crippen molar-refractivity contribution in [3.8, 4) is 0 Å². The molecule has 16 heavy (non-hydrogen) atoms. The Morgan fingerprint density at radius 3 is 2.69 bits per heavy atom. The van der Waals surface area contributed by atoms with Crippen molar-refractivity contribution >= 4 is 23.3 Å². The summed E-state index contributed by atoms with van der Waals surface area (Å²) >= 11 is 1.54. The summed E-state index contributed by atoms with van der Waals surface area (Å²) in [4.78, 5) is 13.9. The molecule has 0 spiro atoms. The first-order chi connectivity index (χ1) is 7.67. The van der Waals surface area contributed by atoms with Crippen LogP contribution in [-0.2, 0) is 0 Å². The van der Waals surface area contributed by atoms with Gasteiger partial charge in [-0.2, -0.15) is 0 Å². The fourth-order valence-corrected chi connectivity index (χ4v) is 2.95. The molecule has 3 heteroatoms. The van der Waals surface area contributed by atoms with Crippen LogP contribution in [0.5, 0.6) is 0 Å². The third kappa shape index (κ3) is 2.29. The van der Waals surface area contributed by atoms with Crippen LogP contribution in [0, 0.1) is 5.41 Å². The number of anilines is 1. The lowest BCUT2D eigenvalue weighted by Crippen LogP contribution is -2.38. The van der Waals surface area contributed by atoms with Crippen molar-refractivity contribution in [1.29, 1.82) is 0 Å². The lowest BCUT2D eigenvalue weighted by molar-refractivity contribution is 0.112. The Bertz CT molecular complexity index is 364. The molecule has 0 amide bonds. The van der Waals surface area contributed by atoms with Crippen LogP contribution in [0.2, 0.25) is 0 Å². The molecule has 1 saturated heterocycles. The summed E-state index contributed by atoms with van der Waals surface area (Å²) in [5.41, 5.74) is 1.75.